The smallest absolute Gasteiger partial charge is 0.414 e. The lowest BCUT2D eigenvalue weighted by molar-refractivity contribution is -0.159. The van der Waals surface area contributed by atoms with Gasteiger partial charge in [-0.1, -0.05) is 49.0 Å². The number of likely N-dealkylation sites (N-methyl/N-ethyl adjacent to an activating group) is 1. The lowest BCUT2D eigenvalue weighted by atomic mass is 9.92. The van der Waals surface area contributed by atoms with E-state index in [1.165, 1.54) is 38.0 Å². The Labute approximate surface area is 209 Å². The number of carboxylic acids is 2. The highest BCUT2D eigenvalue weighted by Gasteiger charge is 2.18. The van der Waals surface area contributed by atoms with Gasteiger partial charge in [-0.2, -0.15) is 0 Å². The third-order valence-corrected chi connectivity index (χ3v) is 7.48. The number of aliphatic carboxylic acids is 2. The Morgan fingerprint density at radius 2 is 1.43 bits per heavy atom. The Morgan fingerprint density at radius 1 is 0.829 bits per heavy atom. The second-order valence-electron chi connectivity index (χ2n) is 8.69. The van der Waals surface area contributed by atoms with Crippen molar-refractivity contribution >= 4 is 40.8 Å². The molecule has 1 unspecified atom stereocenters. The molecule has 1 saturated heterocycles. The van der Waals surface area contributed by atoms with Crippen molar-refractivity contribution in [3.63, 3.8) is 0 Å². The van der Waals surface area contributed by atoms with E-state index < -0.39 is 11.9 Å². The number of anilines is 3. The van der Waals surface area contributed by atoms with E-state index in [1.807, 2.05) is 11.8 Å². The number of para-hydroxylation sites is 1. The molecule has 35 heavy (non-hydrogen) atoms. The largest absolute Gasteiger partial charge is 0.473 e. The normalized spacial score (nSPS) is 15.5. The van der Waals surface area contributed by atoms with Gasteiger partial charge in [0.25, 0.3) is 0 Å². The van der Waals surface area contributed by atoms with Crippen LogP contribution in [0.1, 0.15) is 24.0 Å². The SMILES string of the molecule is CC(c1ccc(N2CCN(C)CC2)cc1)c1ccc2c(c1)Nc1ccccc1S2.O=C(O)C(=O)O. The van der Waals surface area contributed by atoms with E-state index in [1.54, 1.807) is 0 Å². The van der Waals surface area contributed by atoms with E-state index in [0.29, 0.717) is 5.92 Å². The van der Waals surface area contributed by atoms with Gasteiger partial charge >= 0.3 is 11.9 Å². The molecule has 3 aromatic rings. The van der Waals surface area contributed by atoms with Gasteiger partial charge < -0.3 is 25.3 Å². The van der Waals surface area contributed by atoms with Gasteiger partial charge in [-0.3, -0.25) is 0 Å². The van der Waals surface area contributed by atoms with E-state index in [0.717, 1.165) is 26.2 Å². The second kappa shape index (κ2) is 10.8. The van der Waals surface area contributed by atoms with Crippen LogP contribution in [0.5, 0.6) is 0 Å². The average Bonchev–Trinajstić information content (AvgIpc) is 2.87. The van der Waals surface area contributed by atoms with E-state index in [2.05, 4.69) is 95.8 Å². The summed E-state index contributed by atoms with van der Waals surface area (Å²) in [5.41, 5.74) is 6.47. The molecule has 2 heterocycles. The standard InChI is InChI=1S/C25H27N3S.C2H2O4/c1-18(19-7-10-21(11-8-19)28-15-13-27(2)14-16-28)20-9-12-25-23(17-20)26-22-5-3-4-6-24(22)29-25;3-1(4)2(5)6/h3-12,17-18,26H,13-16H2,1-2H3;(H,3,4)(H,5,6). The topological polar surface area (TPSA) is 93.1 Å². The Kier molecular flexibility index (Phi) is 7.63. The summed E-state index contributed by atoms with van der Waals surface area (Å²) < 4.78 is 0. The van der Waals surface area contributed by atoms with E-state index in [4.69, 9.17) is 19.8 Å². The van der Waals surface area contributed by atoms with Gasteiger partial charge in [0.2, 0.25) is 0 Å². The molecule has 8 heteroatoms. The summed E-state index contributed by atoms with van der Waals surface area (Å²) in [6.45, 7) is 6.81. The van der Waals surface area contributed by atoms with Crippen LogP contribution in [0.2, 0.25) is 0 Å². The molecule has 0 bridgehead atoms. The summed E-state index contributed by atoms with van der Waals surface area (Å²) in [6, 6.07) is 24.6. The quantitative estimate of drug-likeness (QED) is 0.347. The minimum atomic E-state index is -1.82. The Morgan fingerprint density at radius 3 is 2.09 bits per heavy atom. The van der Waals surface area contributed by atoms with Gasteiger partial charge in [0.1, 0.15) is 0 Å². The fraction of sp³-hybridized carbons (Fsp3) is 0.259. The summed E-state index contributed by atoms with van der Waals surface area (Å²) in [5.74, 6) is -3.28. The molecule has 182 valence electrons. The molecule has 0 aromatic heterocycles. The first-order valence-corrected chi connectivity index (χ1v) is 12.3. The van der Waals surface area contributed by atoms with Crippen molar-refractivity contribution in [3.8, 4) is 0 Å². The number of hydrogen-bond acceptors (Lipinski definition) is 6. The Hall–Kier alpha value is -3.49. The summed E-state index contributed by atoms with van der Waals surface area (Å²) in [6.07, 6.45) is 0. The number of fused-ring (bicyclic) bond motifs is 2. The first-order valence-electron chi connectivity index (χ1n) is 11.5. The second-order valence-corrected chi connectivity index (χ2v) is 9.78. The van der Waals surface area contributed by atoms with Crippen molar-refractivity contribution in [1.29, 1.82) is 0 Å². The number of nitrogens with zero attached hydrogens (tertiary/aromatic N) is 2. The highest BCUT2D eigenvalue weighted by Crippen LogP contribution is 2.45. The number of benzene rings is 3. The maximum atomic E-state index is 9.10. The Bertz CT molecular complexity index is 1200. The van der Waals surface area contributed by atoms with Crippen LogP contribution in [-0.4, -0.2) is 60.3 Å². The van der Waals surface area contributed by atoms with Crippen molar-refractivity contribution in [2.24, 2.45) is 0 Å². The Balaban J connectivity index is 0.000000431. The number of rotatable bonds is 3. The predicted octanol–water partition coefficient (Wildman–Crippen LogP) is 4.95. The van der Waals surface area contributed by atoms with Crippen molar-refractivity contribution in [2.75, 3.05) is 43.4 Å². The molecule has 0 aliphatic carbocycles. The highest BCUT2D eigenvalue weighted by molar-refractivity contribution is 7.99. The zero-order chi connectivity index (χ0) is 24.9. The lowest BCUT2D eigenvalue weighted by Crippen LogP contribution is -2.44. The molecule has 3 N–H and O–H groups in total. The minimum Gasteiger partial charge on any atom is -0.473 e. The maximum absolute atomic E-state index is 9.10. The van der Waals surface area contributed by atoms with E-state index in [-0.39, 0.29) is 0 Å². The molecule has 1 atom stereocenters. The van der Waals surface area contributed by atoms with E-state index >= 15 is 0 Å². The summed E-state index contributed by atoms with van der Waals surface area (Å²) >= 11 is 1.85. The van der Waals surface area contributed by atoms with Gasteiger partial charge in [-0.25, -0.2) is 9.59 Å². The van der Waals surface area contributed by atoms with Crippen molar-refractivity contribution in [1.82, 2.24) is 4.90 Å². The third-order valence-electron chi connectivity index (χ3n) is 6.32. The molecular formula is C27H29N3O4S. The average molecular weight is 492 g/mol. The van der Waals surface area contributed by atoms with E-state index in [9.17, 15) is 0 Å². The maximum Gasteiger partial charge on any atom is 0.414 e. The monoisotopic (exact) mass is 491 g/mol. The van der Waals surface area contributed by atoms with Gasteiger partial charge in [0, 0.05) is 47.6 Å². The third kappa shape index (κ3) is 5.96. The number of carboxylic acid groups (broad SMARTS) is 2. The van der Waals surface area contributed by atoms with Crippen LogP contribution in [0.15, 0.2) is 76.5 Å². The molecule has 1 fully saturated rings. The fourth-order valence-corrected chi connectivity index (χ4v) is 5.13. The first-order chi connectivity index (χ1) is 16.8. The lowest BCUT2D eigenvalue weighted by Gasteiger charge is -2.34. The number of hydrogen-bond donors (Lipinski definition) is 3. The molecule has 2 aliphatic rings. The van der Waals surface area contributed by atoms with Gasteiger partial charge in [-0.05, 0) is 54.6 Å². The van der Waals surface area contributed by atoms with Crippen LogP contribution in [0.4, 0.5) is 17.1 Å². The predicted molar refractivity (Wildman–Crippen MR) is 139 cm³/mol. The molecule has 2 aliphatic heterocycles. The van der Waals surface area contributed by atoms with Gasteiger partial charge in [0.05, 0.1) is 11.4 Å². The highest BCUT2D eigenvalue weighted by atomic mass is 32.2. The van der Waals surface area contributed by atoms with Crippen LogP contribution in [0.25, 0.3) is 0 Å². The molecule has 0 radical (unpaired) electrons. The molecule has 3 aromatic carbocycles. The molecule has 0 amide bonds. The van der Waals surface area contributed by atoms with Crippen LogP contribution < -0.4 is 10.2 Å². The summed E-state index contributed by atoms with van der Waals surface area (Å²) in [4.78, 5) is 25.7. The molecule has 0 spiro atoms. The molecular weight excluding hydrogens is 462 g/mol. The number of nitrogens with one attached hydrogen (secondary N) is 1. The molecule has 5 rings (SSSR count). The van der Waals surface area contributed by atoms with Crippen molar-refractivity contribution in [2.45, 2.75) is 22.6 Å². The number of piperazine rings is 1. The van der Waals surface area contributed by atoms with Crippen molar-refractivity contribution < 1.29 is 19.8 Å². The minimum absolute atomic E-state index is 0.366. The fourth-order valence-electron chi connectivity index (χ4n) is 4.16. The summed E-state index contributed by atoms with van der Waals surface area (Å²) in [7, 11) is 2.20. The van der Waals surface area contributed by atoms with Crippen LogP contribution in [-0.2, 0) is 9.59 Å². The van der Waals surface area contributed by atoms with Crippen LogP contribution in [0.3, 0.4) is 0 Å². The zero-order valence-electron chi connectivity index (χ0n) is 19.8. The van der Waals surface area contributed by atoms with Crippen LogP contribution >= 0.6 is 11.8 Å². The number of carbonyl (C=O) groups is 2. The van der Waals surface area contributed by atoms with Crippen molar-refractivity contribution in [3.05, 3.63) is 77.9 Å². The first kappa shape index (κ1) is 24.6. The van der Waals surface area contributed by atoms with Gasteiger partial charge in [-0.15, -0.1) is 0 Å². The van der Waals surface area contributed by atoms with Gasteiger partial charge in [0.15, 0.2) is 0 Å². The molecule has 7 nitrogen and oxygen atoms in total. The van der Waals surface area contributed by atoms with Crippen LogP contribution in [0, 0.1) is 0 Å². The molecule has 0 saturated carbocycles. The summed E-state index contributed by atoms with van der Waals surface area (Å²) in [5, 5.41) is 18.4. The zero-order valence-corrected chi connectivity index (χ0v) is 20.6.